The van der Waals surface area contributed by atoms with Crippen molar-refractivity contribution in [2.45, 2.75) is 50.1 Å². The molecule has 2 aromatic carbocycles. The second-order valence-electron chi connectivity index (χ2n) is 11.0. The number of nitrogens with zero attached hydrogens (tertiary/aromatic N) is 2. The molecule has 10 nitrogen and oxygen atoms in total. The molecule has 4 atom stereocenters. The average molecular weight is 577 g/mol. The second-order valence-corrected chi connectivity index (χ2v) is 12.1. The van der Waals surface area contributed by atoms with Crippen molar-refractivity contribution in [3.63, 3.8) is 0 Å². The summed E-state index contributed by atoms with van der Waals surface area (Å²) in [4.78, 5) is 43.7. The molecule has 3 fully saturated rings. The third-order valence-electron chi connectivity index (χ3n) is 8.22. The van der Waals surface area contributed by atoms with Crippen molar-refractivity contribution in [3.8, 4) is 11.5 Å². The number of para-hydroxylation sites is 1. The molecule has 5 N–H and O–H groups in total. The smallest absolute Gasteiger partial charge is 0.326 e. The highest BCUT2D eigenvalue weighted by atomic mass is 32.2. The Hall–Kier alpha value is -3.54. The predicted molar refractivity (Wildman–Crippen MR) is 158 cm³/mol. The van der Waals surface area contributed by atoms with E-state index in [1.54, 1.807) is 4.90 Å². The van der Waals surface area contributed by atoms with Crippen LogP contribution in [0, 0.1) is 12.8 Å². The third kappa shape index (κ3) is 5.53. The maximum Gasteiger partial charge on any atom is 0.326 e. The van der Waals surface area contributed by atoms with E-state index in [1.807, 2.05) is 60.4 Å². The van der Waals surface area contributed by atoms with E-state index in [9.17, 15) is 14.4 Å². The molecule has 11 heteroatoms. The average Bonchev–Trinajstić information content (AvgIpc) is 3.34. The zero-order valence-corrected chi connectivity index (χ0v) is 23.9. The van der Waals surface area contributed by atoms with Gasteiger partial charge in [0.2, 0.25) is 5.91 Å². The Morgan fingerprint density at radius 3 is 2.76 bits per heavy atom. The van der Waals surface area contributed by atoms with E-state index in [4.69, 9.17) is 10.5 Å². The number of anilines is 1. The van der Waals surface area contributed by atoms with Gasteiger partial charge < -0.3 is 31.3 Å². The highest BCUT2D eigenvalue weighted by Crippen LogP contribution is 2.48. The van der Waals surface area contributed by atoms with E-state index in [1.165, 1.54) is 11.8 Å². The summed E-state index contributed by atoms with van der Waals surface area (Å²) in [7, 11) is 0. The van der Waals surface area contributed by atoms with Gasteiger partial charge in [-0.2, -0.15) is 0 Å². The molecule has 2 aromatic rings. The number of urea groups is 1. The number of carbonyl (C=O) groups excluding carboxylic acids is 3. The maximum absolute atomic E-state index is 13.6. The van der Waals surface area contributed by atoms with Crippen molar-refractivity contribution in [1.82, 2.24) is 20.9 Å². The molecule has 0 bridgehead atoms. The molecule has 4 aliphatic rings. The fraction of sp³-hybridized carbons (Fsp3) is 0.433. The normalized spacial score (nSPS) is 25.5. The van der Waals surface area contributed by atoms with Gasteiger partial charge in [-0.15, -0.1) is 0 Å². The zero-order valence-electron chi connectivity index (χ0n) is 23.1. The topological polar surface area (TPSA) is 129 Å². The van der Waals surface area contributed by atoms with Gasteiger partial charge in [0, 0.05) is 49.4 Å². The number of carbonyl (C=O) groups is 3. The molecule has 41 heavy (non-hydrogen) atoms. The summed E-state index contributed by atoms with van der Waals surface area (Å²) in [5.41, 5.74) is 8.03. The molecule has 0 radical (unpaired) electrons. The molecule has 0 spiro atoms. The SMILES string of the molecule is Cc1cc(Oc2ccccc2)ccc1N1C(=O)NC2=C(C(=O)N[C@@H]3CCCN(C(=O)CCN)C3)SC3NCCC1C23. The largest absolute Gasteiger partial charge is 0.457 e. The number of amides is 4. The van der Waals surface area contributed by atoms with Crippen molar-refractivity contribution in [1.29, 1.82) is 0 Å². The molecule has 6 rings (SSSR count). The number of nitrogens with one attached hydrogen (secondary N) is 3. The number of hydrogen-bond donors (Lipinski definition) is 4. The van der Waals surface area contributed by atoms with E-state index in [-0.39, 0.29) is 41.2 Å². The molecule has 4 amide bonds. The van der Waals surface area contributed by atoms with Crippen molar-refractivity contribution in [2.75, 3.05) is 31.1 Å². The van der Waals surface area contributed by atoms with Crippen LogP contribution in [-0.2, 0) is 9.59 Å². The van der Waals surface area contributed by atoms with Gasteiger partial charge in [-0.05, 0) is 68.6 Å². The highest BCUT2D eigenvalue weighted by Gasteiger charge is 2.52. The van der Waals surface area contributed by atoms with Crippen LogP contribution in [0.1, 0.15) is 31.2 Å². The molecule has 3 unspecified atom stereocenters. The molecule has 0 aromatic heterocycles. The molecule has 0 aliphatic carbocycles. The van der Waals surface area contributed by atoms with Crippen LogP contribution in [0.3, 0.4) is 0 Å². The first-order valence-electron chi connectivity index (χ1n) is 14.3. The summed E-state index contributed by atoms with van der Waals surface area (Å²) in [6.45, 7) is 4.22. The number of piperidine rings is 2. The number of rotatable bonds is 7. The maximum atomic E-state index is 13.6. The molecule has 3 saturated heterocycles. The van der Waals surface area contributed by atoms with Crippen LogP contribution < -0.4 is 31.3 Å². The first kappa shape index (κ1) is 27.6. The Morgan fingerprint density at radius 2 is 1.98 bits per heavy atom. The lowest BCUT2D eigenvalue weighted by molar-refractivity contribution is -0.133. The van der Waals surface area contributed by atoms with E-state index >= 15 is 0 Å². The Kier molecular flexibility index (Phi) is 7.92. The molecule has 4 aliphatic heterocycles. The lowest BCUT2D eigenvalue weighted by Crippen LogP contribution is -2.62. The van der Waals surface area contributed by atoms with Gasteiger partial charge in [-0.3, -0.25) is 14.5 Å². The van der Waals surface area contributed by atoms with Crippen LogP contribution in [0.25, 0.3) is 0 Å². The van der Waals surface area contributed by atoms with Crippen LogP contribution in [-0.4, -0.2) is 66.4 Å². The number of aryl methyl sites for hydroxylation is 1. The number of nitrogens with two attached hydrogens (primary N) is 1. The quantitative estimate of drug-likeness (QED) is 0.399. The summed E-state index contributed by atoms with van der Waals surface area (Å²) < 4.78 is 6.00. The molecule has 4 heterocycles. The van der Waals surface area contributed by atoms with Gasteiger partial charge >= 0.3 is 6.03 Å². The van der Waals surface area contributed by atoms with E-state index in [0.717, 1.165) is 42.8 Å². The predicted octanol–water partition coefficient (Wildman–Crippen LogP) is 3.04. The summed E-state index contributed by atoms with van der Waals surface area (Å²) in [6, 6.07) is 14.9. The van der Waals surface area contributed by atoms with E-state index < -0.39 is 0 Å². The molecule has 216 valence electrons. The van der Waals surface area contributed by atoms with Crippen LogP contribution in [0.15, 0.2) is 59.1 Å². The fourth-order valence-corrected chi connectivity index (χ4v) is 7.74. The summed E-state index contributed by atoms with van der Waals surface area (Å²) in [6.07, 6.45) is 2.72. The highest BCUT2D eigenvalue weighted by molar-refractivity contribution is 8.04. The number of ether oxygens (including phenoxy) is 1. The van der Waals surface area contributed by atoms with Gasteiger partial charge in [-0.25, -0.2) is 4.79 Å². The van der Waals surface area contributed by atoms with E-state index in [0.29, 0.717) is 42.4 Å². The molecule has 0 saturated carbocycles. The number of hydrogen-bond acceptors (Lipinski definition) is 7. The number of benzene rings is 2. The fourth-order valence-electron chi connectivity index (χ4n) is 6.34. The van der Waals surface area contributed by atoms with Gasteiger partial charge in [0.05, 0.1) is 16.3 Å². The minimum absolute atomic E-state index is 0.0115. The van der Waals surface area contributed by atoms with Crippen LogP contribution in [0.2, 0.25) is 0 Å². The Balaban J connectivity index is 1.20. The third-order valence-corrected chi connectivity index (χ3v) is 9.58. The number of thioether (sulfide) groups is 1. The van der Waals surface area contributed by atoms with Crippen molar-refractivity contribution in [2.24, 2.45) is 11.7 Å². The van der Waals surface area contributed by atoms with Gasteiger partial charge in [-0.1, -0.05) is 30.0 Å². The molecular formula is C30H36N6O4S. The summed E-state index contributed by atoms with van der Waals surface area (Å²) >= 11 is 1.49. The Labute approximate surface area is 244 Å². The summed E-state index contributed by atoms with van der Waals surface area (Å²) in [5.74, 6) is 1.26. The Bertz CT molecular complexity index is 1370. The lowest BCUT2D eigenvalue weighted by atomic mass is 9.86. The number of likely N-dealkylation sites (tertiary alicyclic amines) is 1. The summed E-state index contributed by atoms with van der Waals surface area (Å²) in [5, 5.41) is 9.77. The van der Waals surface area contributed by atoms with Crippen molar-refractivity contribution < 1.29 is 19.1 Å². The minimum Gasteiger partial charge on any atom is -0.457 e. The minimum atomic E-state index is -0.231. The van der Waals surface area contributed by atoms with Crippen molar-refractivity contribution >= 4 is 35.3 Å². The first-order chi connectivity index (χ1) is 19.9. The lowest BCUT2D eigenvalue weighted by Gasteiger charge is -2.46. The monoisotopic (exact) mass is 576 g/mol. The van der Waals surface area contributed by atoms with Crippen molar-refractivity contribution in [3.05, 3.63) is 64.7 Å². The van der Waals surface area contributed by atoms with Gasteiger partial charge in [0.1, 0.15) is 11.5 Å². The van der Waals surface area contributed by atoms with Crippen LogP contribution in [0.5, 0.6) is 11.5 Å². The zero-order chi connectivity index (χ0) is 28.5. The van der Waals surface area contributed by atoms with Crippen LogP contribution in [0.4, 0.5) is 10.5 Å². The van der Waals surface area contributed by atoms with E-state index in [2.05, 4.69) is 16.0 Å². The van der Waals surface area contributed by atoms with Gasteiger partial charge in [0.15, 0.2) is 0 Å². The second kappa shape index (κ2) is 11.8. The van der Waals surface area contributed by atoms with Gasteiger partial charge in [0.25, 0.3) is 5.91 Å². The first-order valence-corrected chi connectivity index (χ1v) is 15.2. The Morgan fingerprint density at radius 1 is 1.15 bits per heavy atom. The van der Waals surface area contributed by atoms with Crippen LogP contribution >= 0.6 is 11.8 Å². The standard InChI is InChI=1S/C30H36N6O4S/c1-18-16-21(40-20-7-3-2-4-8-20)9-10-22(18)36-23-12-14-32-29-25(23)26(34-30(36)39)27(41-29)28(38)33-19-6-5-15-35(17-19)24(37)11-13-31/h2-4,7-10,16,19,23,25,29,32H,5-6,11-15,17,31H2,1H3,(H,33,38)(H,34,39)/t19-,23?,25?,29?/m1/s1. The molecular weight excluding hydrogens is 540 g/mol.